The second kappa shape index (κ2) is 7.36. The molecule has 4 heterocycles. The van der Waals surface area contributed by atoms with Crippen molar-refractivity contribution in [2.45, 2.75) is 45.1 Å². The Labute approximate surface area is 162 Å². The van der Waals surface area contributed by atoms with E-state index < -0.39 is 0 Å². The predicted molar refractivity (Wildman–Crippen MR) is 107 cm³/mol. The number of rotatable bonds is 5. The van der Waals surface area contributed by atoms with Crippen LogP contribution in [0.4, 0.5) is 0 Å². The molecule has 2 aromatic rings. The first-order valence-electron chi connectivity index (χ1n) is 10.7. The third kappa shape index (κ3) is 3.67. The van der Waals surface area contributed by atoms with Crippen LogP contribution in [-0.2, 0) is 6.54 Å². The zero-order valence-corrected chi connectivity index (χ0v) is 16.3. The van der Waals surface area contributed by atoms with E-state index in [2.05, 4.69) is 42.7 Å². The highest BCUT2D eigenvalue weighted by Crippen LogP contribution is 2.40. The largest absolute Gasteiger partial charge is 0.302 e. The minimum Gasteiger partial charge on any atom is -0.302 e. The van der Waals surface area contributed by atoms with Crippen molar-refractivity contribution >= 4 is 0 Å². The van der Waals surface area contributed by atoms with Gasteiger partial charge in [-0.15, -0.1) is 0 Å². The number of piperidine rings is 1. The van der Waals surface area contributed by atoms with Gasteiger partial charge in [-0.2, -0.15) is 0 Å². The molecule has 5 nitrogen and oxygen atoms in total. The molecule has 0 radical (unpaired) electrons. The minimum absolute atomic E-state index is 0.530. The summed E-state index contributed by atoms with van der Waals surface area (Å²) in [6.07, 6.45) is 14.3. The summed E-state index contributed by atoms with van der Waals surface area (Å²) in [4.78, 5) is 14.3. The number of nitrogens with zero attached hydrogens (tertiary/aromatic N) is 5. The van der Waals surface area contributed by atoms with E-state index in [0.29, 0.717) is 5.41 Å². The Balaban J connectivity index is 1.23. The Hall–Kier alpha value is -1.72. The molecular weight excluding hydrogens is 334 g/mol. The van der Waals surface area contributed by atoms with Crippen LogP contribution < -0.4 is 0 Å². The molecule has 2 aromatic heterocycles. The SMILES string of the molecule is c1cnc(-n2cccc2CN2CCC3(CCCN(CC4CCC4)C3)C2)nc1. The zero-order chi connectivity index (χ0) is 18.1. The third-order valence-electron chi connectivity index (χ3n) is 6.99. The van der Waals surface area contributed by atoms with E-state index >= 15 is 0 Å². The third-order valence-corrected chi connectivity index (χ3v) is 6.99. The van der Waals surface area contributed by atoms with Crippen LogP contribution in [0.15, 0.2) is 36.8 Å². The summed E-state index contributed by atoms with van der Waals surface area (Å²) in [5.74, 6) is 1.77. The van der Waals surface area contributed by atoms with E-state index in [1.165, 1.54) is 76.9 Å². The van der Waals surface area contributed by atoms with Crippen LogP contribution in [0.2, 0.25) is 0 Å². The van der Waals surface area contributed by atoms with Gasteiger partial charge in [-0.25, -0.2) is 9.97 Å². The molecule has 2 saturated heterocycles. The number of aromatic nitrogens is 3. The van der Waals surface area contributed by atoms with Crippen molar-refractivity contribution in [1.82, 2.24) is 24.3 Å². The lowest BCUT2D eigenvalue weighted by Crippen LogP contribution is -2.47. The highest BCUT2D eigenvalue weighted by Gasteiger charge is 2.41. The summed E-state index contributed by atoms with van der Waals surface area (Å²) < 4.78 is 2.13. The Morgan fingerprint density at radius 3 is 2.63 bits per heavy atom. The molecule has 0 N–H and O–H groups in total. The van der Waals surface area contributed by atoms with Gasteiger partial charge in [0.25, 0.3) is 0 Å². The van der Waals surface area contributed by atoms with E-state index in [4.69, 9.17) is 0 Å². The van der Waals surface area contributed by atoms with E-state index in [1.807, 2.05) is 18.5 Å². The maximum atomic E-state index is 4.42. The average molecular weight is 366 g/mol. The van der Waals surface area contributed by atoms with Crippen molar-refractivity contribution in [1.29, 1.82) is 0 Å². The molecule has 3 fully saturated rings. The highest BCUT2D eigenvalue weighted by atomic mass is 15.2. The Bertz CT molecular complexity index is 753. The van der Waals surface area contributed by atoms with Crippen LogP contribution in [0.25, 0.3) is 5.95 Å². The normalized spacial score (nSPS) is 27.3. The van der Waals surface area contributed by atoms with Crippen LogP contribution in [0.3, 0.4) is 0 Å². The van der Waals surface area contributed by atoms with Gasteiger partial charge >= 0.3 is 0 Å². The van der Waals surface area contributed by atoms with Crippen molar-refractivity contribution in [3.05, 3.63) is 42.5 Å². The van der Waals surface area contributed by atoms with Gasteiger partial charge in [0.15, 0.2) is 0 Å². The molecule has 144 valence electrons. The van der Waals surface area contributed by atoms with E-state index in [-0.39, 0.29) is 0 Å². The van der Waals surface area contributed by atoms with Crippen molar-refractivity contribution in [3.63, 3.8) is 0 Å². The van der Waals surface area contributed by atoms with Gasteiger partial charge in [-0.1, -0.05) is 6.42 Å². The second-order valence-corrected chi connectivity index (χ2v) is 9.01. The molecule has 1 atom stereocenters. The predicted octanol–water partition coefficient (Wildman–Crippen LogP) is 3.36. The maximum Gasteiger partial charge on any atom is 0.233 e. The molecule has 5 rings (SSSR count). The highest BCUT2D eigenvalue weighted by molar-refractivity contribution is 5.20. The topological polar surface area (TPSA) is 37.2 Å². The first-order valence-corrected chi connectivity index (χ1v) is 10.7. The number of hydrogen-bond acceptors (Lipinski definition) is 4. The molecule has 5 heteroatoms. The number of hydrogen-bond donors (Lipinski definition) is 0. The molecule has 1 spiro atoms. The summed E-state index contributed by atoms with van der Waals surface area (Å²) in [7, 11) is 0. The van der Waals surface area contributed by atoms with Crippen LogP contribution in [0.5, 0.6) is 0 Å². The molecule has 27 heavy (non-hydrogen) atoms. The summed E-state index contributed by atoms with van der Waals surface area (Å²) in [5.41, 5.74) is 1.82. The van der Waals surface area contributed by atoms with Crippen LogP contribution >= 0.6 is 0 Å². The fourth-order valence-electron chi connectivity index (χ4n) is 5.39. The second-order valence-electron chi connectivity index (χ2n) is 9.01. The van der Waals surface area contributed by atoms with Gasteiger partial charge in [-0.05, 0) is 74.7 Å². The first-order chi connectivity index (χ1) is 13.3. The molecule has 1 saturated carbocycles. The number of likely N-dealkylation sites (tertiary alicyclic amines) is 2. The van der Waals surface area contributed by atoms with Crippen molar-refractivity contribution in [2.24, 2.45) is 11.3 Å². The lowest BCUT2D eigenvalue weighted by Gasteiger charge is -2.43. The molecule has 1 aliphatic carbocycles. The molecule has 0 amide bonds. The standard InChI is InChI=1S/C22H31N5/c1-5-19(6-1)15-25-12-3-8-22(17-25)9-14-26(18-22)16-20-7-2-13-27(20)21-23-10-4-11-24-21/h2,4,7,10-11,13,19H,1,3,5-6,8-9,12,14-18H2. The van der Waals surface area contributed by atoms with Crippen LogP contribution in [0, 0.1) is 11.3 Å². The van der Waals surface area contributed by atoms with Gasteiger partial charge in [-0.3, -0.25) is 9.47 Å². The van der Waals surface area contributed by atoms with E-state index in [9.17, 15) is 0 Å². The molecule has 2 aliphatic heterocycles. The summed E-state index contributed by atoms with van der Waals surface area (Å²) in [6.45, 7) is 7.47. The molecule has 1 unspecified atom stereocenters. The Morgan fingerprint density at radius 2 is 1.81 bits per heavy atom. The zero-order valence-electron chi connectivity index (χ0n) is 16.3. The van der Waals surface area contributed by atoms with Crippen molar-refractivity contribution in [3.8, 4) is 5.95 Å². The Kier molecular flexibility index (Phi) is 4.74. The van der Waals surface area contributed by atoms with Crippen molar-refractivity contribution < 1.29 is 0 Å². The van der Waals surface area contributed by atoms with E-state index in [0.717, 1.165) is 18.4 Å². The van der Waals surface area contributed by atoms with Crippen LogP contribution in [-0.4, -0.2) is 57.1 Å². The smallest absolute Gasteiger partial charge is 0.233 e. The quantitative estimate of drug-likeness (QED) is 0.814. The monoisotopic (exact) mass is 365 g/mol. The van der Waals surface area contributed by atoms with Gasteiger partial charge in [0, 0.05) is 50.5 Å². The lowest BCUT2D eigenvalue weighted by molar-refractivity contribution is 0.0667. The fourth-order valence-corrected chi connectivity index (χ4v) is 5.39. The van der Waals surface area contributed by atoms with Gasteiger partial charge in [0.1, 0.15) is 0 Å². The summed E-state index contributed by atoms with van der Waals surface area (Å²) >= 11 is 0. The van der Waals surface area contributed by atoms with Crippen molar-refractivity contribution in [2.75, 3.05) is 32.7 Å². The molecule has 0 aromatic carbocycles. The first kappa shape index (κ1) is 17.4. The molecule has 3 aliphatic rings. The van der Waals surface area contributed by atoms with Gasteiger partial charge < -0.3 is 4.90 Å². The van der Waals surface area contributed by atoms with Crippen LogP contribution in [0.1, 0.15) is 44.2 Å². The maximum absolute atomic E-state index is 4.42. The lowest BCUT2D eigenvalue weighted by atomic mass is 9.78. The summed E-state index contributed by atoms with van der Waals surface area (Å²) in [6, 6.07) is 6.19. The van der Waals surface area contributed by atoms with Gasteiger partial charge in [0.2, 0.25) is 5.95 Å². The Morgan fingerprint density at radius 1 is 0.963 bits per heavy atom. The molecule has 0 bridgehead atoms. The van der Waals surface area contributed by atoms with Gasteiger partial charge in [0.05, 0.1) is 0 Å². The summed E-state index contributed by atoms with van der Waals surface area (Å²) in [5, 5.41) is 0. The molecular formula is C22H31N5. The fraction of sp³-hybridized carbons (Fsp3) is 0.636. The minimum atomic E-state index is 0.530. The van der Waals surface area contributed by atoms with E-state index in [1.54, 1.807) is 0 Å². The average Bonchev–Trinajstić information content (AvgIpc) is 3.27.